The van der Waals surface area contributed by atoms with Crippen LogP contribution in [-0.2, 0) is 14.3 Å². The van der Waals surface area contributed by atoms with Crippen molar-refractivity contribution in [2.75, 3.05) is 26.8 Å². The van der Waals surface area contributed by atoms with Gasteiger partial charge in [0.25, 0.3) is 0 Å². The van der Waals surface area contributed by atoms with Crippen LogP contribution < -0.4 is 16.4 Å². The molecule has 116 valence electrons. The first-order chi connectivity index (χ1) is 9.54. The molecule has 2 amide bonds. The van der Waals surface area contributed by atoms with Gasteiger partial charge in [0, 0.05) is 38.6 Å². The lowest BCUT2D eigenvalue weighted by atomic mass is 9.79. The summed E-state index contributed by atoms with van der Waals surface area (Å²) in [6.45, 7) is 3.50. The fourth-order valence-corrected chi connectivity index (χ4v) is 2.42. The fourth-order valence-electron chi connectivity index (χ4n) is 2.42. The van der Waals surface area contributed by atoms with Crippen molar-refractivity contribution in [3.63, 3.8) is 0 Å². The lowest BCUT2D eigenvalue weighted by molar-refractivity contribution is -0.126. The van der Waals surface area contributed by atoms with Gasteiger partial charge in [-0.15, -0.1) is 0 Å². The first-order valence-corrected chi connectivity index (χ1v) is 7.33. The summed E-state index contributed by atoms with van der Waals surface area (Å²) >= 11 is 0. The Morgan fingerprint density at radius 1 is 1.25 bits per heavy atom. The van der Waals surface area contributed by atoms with Gasteiger partial charge in [0.1, 0.15) is 0 Å². The predicted octanol–water partition coefficient (Wildman–Crippen LogP) is 0.0188. The zero-order valence-electron chi connectivity index (χ0n) is 12.5. The maximum atomic E-state index is 12.0. The van der Waals surface area contributed by atoms with Crippen molar-refractivity contribution < 1.29 is 14.3 Å². The van der Waals surface area contributed by atoms with E-state index >= 15 is 0 Å². The van der Waals surface area contributed by atoms with Crippen LogP contribution in [0.25, 0.3) is 0 Å². The molecule has 1 rings (SSSR count). The van der Waals surface area contributed by atoms with E-state index < -0.39 is 0 Å². The zero-order chi connectivity index (χ0) is 15.0. The molecule has 0 aromatic rings. The van der Waals surface area contributed by atoms with Crippen LogP contribution in [-0.4, -0.2) is 44.7 Å². The number of ether oxygens (including phenoxy) is 1. The number of nitrogens with one attached hydrogen (secondary N) is 2. The summed E-state index contributed by atoms with van der Waals surface area (Å²) in [5.41, 5.74) is 6.00. The minimum absolute atomic E-state index is 0.00208. The molecule has 0 aliphatic heterocycles. The molecule has 0 spiro atoms. The smallest absolute Gasteiger partial charge is 0.223 e. The van der Waals surface area contributed by atoms with E-state index in [0.29, 0.717) is 32.0 Å². The molecule has 0 heterocycles. The summed E-state index contributed by atoms with van der Waals surface area (Å²) in [7, 11) is 1.59. The maximum Gasteiger partial charge on any atom is 0.223 e. The molecule has 0 radical (unpaired) electrons. The highest BCUT2D eigenvalue weighted by Gasteiger charge is 2.29. The van der Waals surface area contributed by atoms with Crippen LogP contribution in [0, 0.1) is 11.8 Å². The van der Waals surface area contributed by atoms with E-state index in [2.05, 4.69) is 17.6 Å². The molecule has 0 saturated heterocycles. The summed E-state index contributed by atoms with van der Waals surface area (Å²) in [5, 5.41) is 5.54. The normalized spacial score (nSPS) is 26.1. The molecule has 6 heteroatoms. The van der Waals surface area contributed by atoms with Gasteiger partial charge < -0.3 is 21.1 Å². The lowest BCUT2D eigenvalue weighted by Gasteiger charge is -2.30. The zero-order valence-corrected chi connectivity index (χ0v) is 12.5. The number of hydrogen-bond acceptors (Lipinski definition) is 4. The molecule has 0 aromatic carbocycles. The minimum atomic E-state index is -0.0729. The number of hydrogen-bond donors (Lipinski definition) is 3. The number of methoxy groups -OCH3 is 1. The maximum absolute atomic E-state index is 12.0. The van der Waals surface area contributed by atoms with Gasteiger partial charge in [0.2, 0.25) is 11.8 Å². The summed E-state index contributed by atoms with van der Waals surface area (Å²) < 4.78 is 4.84. The lowest BCUT2D eigenvalue weighted by Crippen LogP contribution is -2.42. The van der Waals surface area contributed by atoms with E-state index in [1.165, 1.54) is 0 Å². The average Bonchev–Trinajstić information content (AvgIpc) is 2.42. The van der Waals surface area contributed by atoms with Crippen molar-refractivity contribution in [1.29, 1.82) is 0 Å². The van der Waals surface area contributed by atoms with Gasteiger partial charge in [-0.05, 0) is 25.2 Å². The minimum Gasteiger partial charge on any atom is -0.383 e. The second kappa shape index (κ2) is 8.92. The number of carbonyl (C=O) groups is 2. The van der Waals surface area contributed by atoms with Crippen LogP contribution in [0.1, 0.15) is 32.6 Å². The molecule has 1 aliphatic carbocycles. The van der Waals surface area contributed by atoms with Crippen LogP contribution in [0.15, 0.2) is 0 Å². The van der Waals surface area contributed by atoms with E-state index in [0.717, 1.165) is 19.3 Å². The van der Waals surface area contributed by atoms with Gasteiger partial charge >= 0.3 is 0 Å². The molecule has 0 aromatic heterocycles. The third-order valence-corrected chi connectivity index (χ3v) is 3.91. The van der Waals surface area contributed by atoms with Crippen LogP contribution in [0.2, 0.25) is 0 Å². The third-order valence-electron chi connectivity index (χ3n) is 3.91. The summed E-state index contributed by atoms with van der Waals surface area (Å²) in [5.74, 6) is 0.441. The van der Waals surface area contributed by atoms with E-state index in [1.807, 2.05) is 0 Å². The van der Waals surface area contributed by atoms with Crippen molar-refractivity contribution in [1.82, 2.24) is 10.6 Å². The van der Waals surface area contributed by atoms with Crippen molar-refractivity contribution >= 4 is 11.8 Å². The molecule has 20 heavy (non-hydrogen) atoms. The Morgan fingerprint density at radius 3 is 2.65 bits per heavy atom. The monoisotopic (exact) mass is 285 g/mol. The van der Waals surface area contributed by atoms with Crippen LogP contribution >= 0.6 is 0 Å². The van der Waals surface area contributed by atoms with Gasteiger partial charge in [-0.2, -0.15) is 0 Å². The first kappa shape index (κ1) is 16.9. The molecule has 6 nitrogen and oxygen atoms in total. The van der Waals surface area contributed by atoms with Crippen molar-refractivity contribution in [2.45, 2.75) is 38.6 Å². The second-order valence-corrected chi connectivity index (χ2v) is 5.53. The largest absolute Gasteiger partial charge is 0.383 e. The van der Waals surface area contributed by atoms with Crippen molar-refractivity contribution in [3.05, 3.63) is 0 Å². The summed E-state index contributed by atoms with van der Waals surface area (Å²) in [6.07, 6.45) is 2.93. The van der Waals surface area contributed by atoms with E-state index in [1.54, 1.807) is 7.11 Å². The van der Waals surface area contributed by atoms with Gasteiger partial charge in [0.15, 0.2) is 0 Å². The van der Waals surface area contributed by atoms with E-state index in [-0.39, 0.29) is 23.8 Å². The Hall–Kier alpha value is -1.14. The molecular formula is C14H27N3O3. The van der Waals surface area contributed by atoms with E-state index in [4.69, 9.17) is 10.5 Å². The van der Waals surface area contributed by atoms with Crippen LogP contribution in [0.4, 0.5) is 0 Å². The topological polar surface area (TPSA) is 93.5 Å². The van der Waals surface area contributed by atoms with Crippen molar-refractivity contribution in [2.24, 2.45) is 17.6 Å². The highest BCUT2D eigenvalue weighted by atomic mass is 16.5. The Labute approximate surface area is 120 Å². The molecule has 1 aliphatic rings. The Morgan fingerprint density at radius 2 is 2.00 bits per heavy atom. The highest BCUT2D eigenvalue weighted by molar-refractivity contribution is 5.80. The molecule has 3 unspecified atom stereocenters. The molecule has 3 atom stereocenters. The third kappa shape index (κ3) is 5.88. The molecule has 1 saturated carbocycles. The van der Waals surface area contributed by atoms with Crippen LogP contribution in [0.3, 0.4) is 0 Å². The molecule has 4 N–H and O–H groups in total. The SMILES string of the molecule is COCCNC(=O)CCNC(=O)C1CCC(C)C(N)C1. The number of carbonyl (C=O) groups excluding carboxylic acids is 2. The Kier molecular flexibility index (Phi) is 7.54. The standard InChI is InChI=1S/C14H27N3O3/c1-10-3-4-11(9-12(10)15)14(19)17-6-5-13(18)16-7-8-20-2/h10-12H,3-9,15H2,1-2H3,(H,16,18)(H,17,19). The molecule has 1 fully saturated rings. The Balaban J connectivity index is 2.15. The molecule has 0 bridgehead atoms. The van der Waals surface area contributed by atoms with Crippen LogP contribution in [0.5, 0.6) is 0 Å². The molecular weight excluding hydrogens is 258 g/mol. The highest BCUT2D eigenvalue weighted by Crippen LogP contribution is 2.27. The quantitative estimate of drug-likeness (QED) is 0.575. The number of amides is 2. The van der Waals surface area contributed by atoms with E-state index in [9.17, 15) is 9.59 Å². The fraction of sp³-hybridized carbons (Fsp3) is 0.857. The van der Waals surface area contributed by atoms with Gasteiger partial charge in [-0.25, -0.2) is 0 Å². The van der Waals surface area contributed by atoms with Gasteiger partial charge in [-0.1, -0.05) is 6.92 Å². The summed E-state index contributed by atoms with van der Waals surface area (Å²) in [4.78, 5) is 23.4. The first-order valence-electron chi connectivity index (χ1n) is 7.33. The van der Waals surface area contributed by atoms with Crippen molar-refractivity contribution in [3.8, 4) is 0 Å². The predicted molar refractivity (Wildman–Crippen MR) is 77.0 cm³/mol. The summed E-state index contributed by atoms with van der Waals surface area (Å²) in [6, 6.07) is 0.108. The Bertz CT molecular complexity index is 323. The van der Waals surface area contributed by atoms with Gasteiger partial charge in [-0.3, -0.25) is 9.59 Å². The average molecular weight is 285 g/mol. The van der Waals surface area contributed by atoms with Gasteiger partial charge in [0.05, 0.1) is 6.61 Å². The second-order valence-electron chi connectivity index (χ2n) is 5.53. The number of nitrogens with two attached hydrogens (primary N) is 1. The number of rotatable bonds is 7.